The van der Waals surface area contributed by atoms with Gasteiger partial charge in [0.25, 0.3) is 5.91 Å². The van der Waals surface area contributed by atoms with Crippen LogP contribution in [-0.4, -0.2) is 18.6 Å². The Morgan fingerprint density at radius 2 is 1.85 bits per heavy atom. The number of carbonyl (C=O) groups is 1. The molecule has 0 spiro atoms. The predicted octanol–water partition coefficient (Wildman–Crippen LogP) is 5.93. The smallest absolute Gasteiger partial charge is 0.265 e. The Labute approximate surface area is 168 Å². The lowest BCUT2D eigenvalue weighted by atomic mass is 10.1. The van der Waals surface area contributed by atoms with E-state index in [0.29, 0.717) is 33.5 Å². The van der Waals surface area contributed by atoms with Gasteiger partial charge >= 0.3 is 0 Å². The van der Waals surface area contributed by atoms with Crippen LogP contribution in [0, 0.1) is 5.92 Å². The molecule has 2 aromatic rings. The van der Waals surface area contributed by atoms with Crippen LogP contribution in [0.25, 0.3) is 0 Å². The van der Waals surface area contributed by atoms with E-state index in [1.807, 2.05) is 24.3 Å². The Balaban J connectivity index is 1.88. The van der Waals surface area contributed by atoms with E-state index in [4.69, 9.17) is 21.1 Å². The molecule has 0 radical (unpaired) electrons. The molecule has 1 atom stereocenters. The summed E-state index contributed by atoms with van der Waals surface area (Å²) >= 11 is 9.28. The number of amides is 1. The second-order valence-corrected chi connectivity index (χ2v) is 7.67. The Kier molecular flexibility index (Phi) is 7.79. The number of hydrogen-bond acceptors (Lipinski definition) is 3. The van der Waals surface area contributed by atoms with E-state index in [2.05, 4.69) is 35.1 Å². The fourth-order valence-electron chi connectivity index (χ4n) is 2.11. The van der Waals surface area contributed by atoms with E-state index in [-0.39, 0.29) is 5.91 Å². The van der Waals surface area contributed by atoms with Gasteiger partial charge in [0.2, 0.25) is 0 Å². The molecule has 0 fully saturated rings. The highest BCUT2D eigenvalue weighted by molar-refractivity contribution is 9.10. The normalized spacial score (nSPS) is 11.9. The summed E-state index contributed by atoms with van der Waals surface area (Å²) in [6.45, 7) is 6.70. The molecule has 6 heteroatoms. The summed E-state index contributed by atoms with van der Waals surface area (Å²) in [6.07, 6.45) is 0.350. The summed E-state index contributed by atoms with van der Waals surface area (Å²) in [5.74, 6) is 1.72. The summed E-state index contributed by atoms with van der Waals surface area (Å²) in [7, 11) is 0. The second kappa shape index (κ2) is 9.83. The number of benzene rings is 2. The van der Waals surface area contributed by atoms with Crippen LogP contribution in [0.5, 0.6) is 11.5 Å². The highest BCUT2D eigenvalue weighted by atomic mass is 79.9. The van der Waals surface area contributed by atoms with E-state index >= 15 is 0 Å². The van der Waals surface area contributed by atoms with Crippen LogP contribution < -0.4 is 14.8 Å². The Hall–Kier alpha value is -1.72. The lowest BCUT2D eigenvalue weighted by molar-refractivity contribution is -0.122. The van der Waals surface area contributed by atoms with Gasteiger partial charge in [-0.15, -0.1) is 0 Å². The lowest BCUT2D eigenvalue weighted by Crippen LogP contribution is -2.30. The molecule has 0 bridgehead atoms. The SMILES string of the molecule is CC(C)CCOc1ccc(NC(=O)C(C)Oc2ccc(Cl)cc2Br)cc1. The van der Waals surface area contributed by atoms with Crippen LogP contribution in [0.1, 0.15) is 27.2 Å². The quantitative estimate of drug-likeness (QED) is 0.553. The van der Waals surface area contributed by atoms with E-state index in [1.165, 1.54) is 0 Å². The monoisotopic (exact) mass is 439 g/mol. The van der Waals surface area contributed by atoms with Gasteiger partial charge in [0, 0.05) is 10.7 Å². The highest BCUT2D eigenvalue weighted by Gasteiger charge is 2.16. The number of halogens is 2. The van der Waals surface area contributed by atoms with Gasteiger partial charge < -0.3 is 14.8 Å². The molecule has 0 saturated carbocycles. The standard InChI is InChI=1S/C20H23BrClNO3/c1-13(2)10-11-25-17-7-5-16(6-8-17)23-20(24)14(3)26-19-9-4-15(22)12-18(19)21/h4-9,12-14H,10-11H2,1-3H3,(H,23,24). The Morgan fingerprint density at radius 1 is 1.15 bits per heavy atom. The molecular weight excluding hydrogens is 418 g/mol. The van der Waals surface area contributed by atoms with Crippen LogP contribution in [0.15, 0.2) is 46.9 Å². The molecule has 1 N–H and O–H groups in total. The third-order valence-electron chi connectivity index (χ3n) is 3.65. The van der Waals surface area contributed by atoms with Gasteiger partial charge in [-0.1, -0.05) is 25.4 Å². The lowest BCUT2D eigenvalue weighted by Gasteiger charge is -2.16. The van der Waals surface area contributed by atoms with Gasteiger partial charge in [0.1, 0.15) is 11.5 Å². The van der Waals surface area contributed by atoms with E-state index in [0.717, 1.165) is 12.2 Å². The minimum absolute atomic E-state index is 0.236. The number of nitrogens with one attached hydrogen (secondary N) is 1. The maximum atomic E-state index is 12.3. The maximum absolute atomic E-state index is 12.3. The minimum Gasteiger partial charge on any atom is -0.494 e. The first-order chi connectivity index (χ1) is 12.3. The number of anilines is 1. The zero-order valence-electron chi connectivity index (χ0n) is 15.1. The number of hydrogen-bond donors (Lipinski definition) is 1. The fraction of sp³-hybridized carbons (Fsp3) is 0.350. The minimum atomic E-state index is -0.658. The van der Waals surface area contributed by atoms with Gasteiger partial charge in [-0.25, -0.2) is 0 Å². The van der Waals surface area contributed by atoms with Crippen LogP contribution >= 0.6 is 27.5 Å². The fourth-order valence-corrected chi connectivity index (χ4v) is 2.88. The van der Waals surface area contributed by atoms with Crippen molar-refractivity contribution in [1.29, 1.82) is 0 Å². The molecular formula is C20H23BrClNO3. The molecule has 4 nitrogen and oxygen atoms in total. The summed E-state index contributed by atoms with van der Waals surface area (Å²) in [4.78, 5) is 12.3. The summed E-state index contributed by atoms with van der Waals surface area (Å²) in [5.41, 5.74) is 0.692. The Bertz CT molecular complexity index is 734. The third kappa shape index (κ3) is 6.54. The number of ether oxygens (including phenoxy) is 2. The van der Waals surface area contributed by atoms with Gasteiger partial charge in [0.15, 0.2) is 6.10 Å². The molecule has 0 aliphatic heterocycles. The van der Waals surface area contributed by atoms with Gasteiger partial charge in [-0.2, -0.15) is 0 Å². The van der Waals surface area contributed by atoms with Crippen LogP contribution in [0.3, 0.4) is 0 Å². The summed E-state index contributed by atoms with van der Waals surface area (Å²) in [6, 6.07) is 12.5. The van der Waals surface area contributed by atoms with Gasteiger partial charge in [-0.3, -0.25) is 4.79 Å². The molecule has 0 heterocycles. The van der Waals surface area contributed by atoms with Crippen molar-refractivity contribution in [3.8, 4) is 11.5 Å². The average molecular weight is 441 g/mol. The van der Waals surface area contributed by atoms with Crippen molar-refractivity contribution in [3.63, 3.8) is 0 Å². The molecule has 1 unspecified atom stereocenters. The van der Waals surface area contributed by atoms with E-state index in [1.54, 1.807) is 25.1 Å². The van der Waals surface area contributed by atoms with Gasteiger partial charge in [-0.05, 0) is 77.7 Å². The first-order valence-corrected chi connectivity index (χ1v) is 9.67. The molecule has 0 aliphatic rings. The molecule has 0 aromatic heterocycles. The van der Waals surface area contributed by atoms with Crippen molar-refractivity contribution in [2.75, 3.05) is 11.9 Å². The van der Waals surface area contributed by atoms with E-state index < -0.39 is 6.10 Å². The van der Waals surface area contributed by atoms with Crippen molar-refractivity contribution in [2.24, 2.45) is 5.92 Å². The maximum Gasteiger partial charge on any atom is 0.265 e. The predicted molar refractivity (Wildman–Crippen MR) is 109 cm³/mol. The van der Waals surface area contributed by atoms with Crippen molar-refractivity contribution in [1.82, 2.24) is 0 Å². The van der Waals surface area contributed by atoms with Crippen molar-refractivity contribution in [2.45, 2.75) is 33.3 Å². The summed E-state index contributed by atoms with van der Waals surface area (Å²) in [5, 5.41) is 3.43. The van der Waals surface area contributed by atoms with E-state index in [9.17, 15) is 4.79 Å². The Morgan fingerprint density at radius 3 is 2.46 bits per heavy atom. The van der Waals surface area contributed by atoms with Gasteiger partial charge in [0.05, 0.1) is 11.1 Å². The summed E-state index contributed by atoms with van der Waals surface area (Å²) < 4.78 is 12.1. The largest absolute Gasteiger partial charge is 0.494 e. The molecule has 26 heavy (non-hydrogen) atoms. The molecule has 140 valence electrons. The first-order valence-electron chi connectivity index (χ1n) is 8.50. The topological polar surface area (TPSA) is 47.6 Å². The highest BCUT2D eigenvalue weighted by Crippen LogP contribution is 2.29. The second-order valence-electron chi connectivity index (χ2n) is 6.38. The molecule has 0 saturated heterocycles. The average Bonchev–Trinajstić information content (AvgIpc) is 2.58. The van der Waals surface area contributed by atoms with Crippen LogP contribution in [-0.2, 0) is 4.79 Å². The zero-order valence-corrected chi connectivity index (χ0v) is 17.4. The number of carbonyl (C=O) groups excluding carboxylic acids is 1. The molecule has 1 amide bonds. The first kappa shape index (κ1) is 20.6. The zero-order chi connectivity index (χ0) is 19.1. The van der Waals surface area contributed by atoms with Crippen LogP contribution in [0.2, 0.25) is 5.02 Å². The molecule has 2 rings (SSSR count). The third-order valence-corrected chi connectivity index (χ3v) is 4.51. The number of rotatable bonds is 8. The van der Waals surface area contributed by atoms with Crippen molar-refractivity contribution < 1.29 is 14.3 Å². The molecule has 2 aromatic carbocycles. The van der Waals surface area contributed by atoms with Crippen LogP contribution in [0.4, 0.5) is 5.69 Å². The van der Waals surface area contributed by atoms with Crippen molar-refractivity contribution in [3.05, 3.63) is 52.0 Å². The molecule has 0 aliphatic carbocycles. The van der Waals surface area contributed by atoms with Crippen molar-refractivity contribution >= 4 is 39.1 Å².